The molecule has 0 spiro atoms. The second-order valence-corrected chi connectivity index (χ2v) is 5.29. The average molecular weight is 301 g/mol. The fraction of sp³-hybridized carbons (Fsp3) is 0.500. The number of nitrogens with one attached hydrogen (secondary N) is 1. The lowest BCUT2D eigenvalue weighted by Crippen LogP contribution is -2.44. The van der Waals surface area contributed by atoms with Crippen LogP contribution in [0.5, 0.6) is 5.88 Å². The van der Waals surface area contributed by atoms with E-state index in [0.717, 1.165) is 0 Å². The van der Waals surface area contributed by atoms with Gasteiger partial charge in [-0.15, -0.1) is 0 Å². The molecule has 1 aromatic rings. The van der Waals surface area contributed by atoms with Crippen molar-refractivity contribution in [3.05, 3.63) is 18.1 Å². The van der Waals surface area contributed by atoms with Crippen LogP contribution in [0.15, 0.2) is 12.4 Å². The number of ether oxygens (including phenoxy) is 1. The van der Waals surface area contributed by atoms with Crippen LogP contribution in [0, 0.1) is 11.3 Å². The van der Waals surface area contributed by atoms with Crippen molar-refractivity contribution in [2.24, 2.45) is 0 Å². The third-order valence-corrected chi connectivity index (χ3v) is 3.80. The van der Waals surface area contributed by atoms with Gasteiger partial charge in [-0.1, -0.05) is 0 Å². The SMILES string of the molecule is N#Cc1nccnc1O[C@@H]1CCN(C(=O)[C@H]2CCC(=O)N2)C1. The summed E-state index contributed by atoms with van der Waals surface area (Å²) in [6, 6.07) is 1.51. The lowest BCUT2D eigenvalue weighted by atomic mass is 10.2. The lowest BCUT2D eigenvalue weighted by Gasteiger charge is -2.20. The summed E-state index contributed by atoms with van der Waals surface area (Å²) in [6.45, 7) is 0.991. The van der Waals surface area contributed by atoms with Crippen LogP contribution in [-0.2, 0) is 9.59 Å². The van der Waals surface area contributed by atoms with Gasteiger partial charge in [0.25, 0.3) is 5.88 Å². The Bertz CT molecular complexity index is 642. The summed E-state index contributed by atoms with van der Waals surface area (Å²) in [7, 11) is 0. The predicted molar refractivity (Wildman–Crippen MR) is 73.5 cm³/mol. The highest BCUT2D eigenvalue weighted by Gasteiger charge is 2.35. The van der Waals surface area contributed by atoms with Crippen molar-refractivity contribution in [3.8, 4) is 11.9 Å². The van der Waals surface area contributed by atoms with Crippen molar-refractivity contribution in [3.63, 3.8) is 0 Å². The number of amides is 2. The van der Waals surface area contributed by atoms with Gasteiger partial charge in [0.15, 0.2) is 0 Å². The number of likely N-dealkylation sites (tertiary alicyclic amines) is 1. The maximum absolute atomic E-state index is 12.3. The quantitative estimate of drug-likeness (QED) is 0.814. The van der Waals surface area contributed by atoms with E-state index in [2.05, 4.69) is 15.3 Å². The van der Waals surface area contributed by atoms with E-state index in [1.165, 1.54) is 12.4 Å². The van der Waals surface area contributed by atoms with Gasteiger partial charge in [0.05, 0.1) is 6.54 Å². The highest BCUT2D eigenvalue weighted by Crippen LogP contribution is 2.20. The van der Waals surface area contributed by atoms with E-state index in [1.54, 1.807) is 4.90 Å². The van der Waals surface area contributed by atoms with Crippen LogP contribution >= 0.6 is 0 Å². The maximum atomic E-state index is 12.3. The number of nitriles is 1. The molecule has 1 N–H and O–H groups in total. The highest BCUT2D eigenvalue weighted by molar-refractivity contribution is 5.90. The van der Waals surface area contributed by atoms with Gasteiger partial charge in [0.2, 0.25) is 17.5 Å². The largest absolute Gasteiger partial charge is 0.470 e. The number of aromatic nitrogens is 2. The lowest BCUT2D eigenvalue weighted by molar-refractivity contribution is -0.133. The van der Waals surface area contributed by atoms with Gasteiger partial charge in [-0.2, -0.15) is 5.26 Å². The van der Waals surface area contributed by atoms with Crippen molar-refractivity contribution in [2.45, 2.75) is 31.4 Å². The fourth-order valence-electron chi connectivity index (χ4n) is 2.69. The summed E-state index contributed by atoms with van der Waals surface area (Å²) < 4.78 is 5.68. The monoisotopic (exact) mass is 301 g/mol. The molecule has 22 heavy (non-hydrogen) atoms. The zero-order chi connectivity index (χ0) is 15.5. The van der Waals surface area contributed by atoms with Crippen molar-refractivity contribution < 1.29 is 14.3 Å². The Morgan fingerprint density at radius 3 is 2.95 bits per heavy atom. The number of carbonyl (C=O) groups is 2. The van der Waals surface area contributed by atoms with E-state index in [1.807, 2.05) is 6.07 Å². The topological polar surface area (TPSA) is 108 Å². The molecule has 114 valence electrons. The Hall–Kier alpha value is -2.69. The minimum atomic E-state index is -0.419. The highest BCUT2D eigenvalue weighted by atomic mass is 16.5. The van der Waals surface area contributed by atoms with Crippen LogP contribution in [0.3, 0.4) is 0 Å². The fourth-order valence-corrected chi connectivity index (χ4v) is 2.69. The van der Waals surface area contributed by atoms with Gasteiger partial charge in [-0.25, -0.2) is 9.97 Å². The Labute approximate surface area is 127 Å². The first-order chi connectivity index (χ1) is 10.7. The molecule has 1 aromatic heterocycles. The van der Waals surface area contributed by atoms with Crippen LogP contribution in [-0.4, -0.2) is 51.9 Å². The molecular weight excluding hydrogens is 286 g/mol. The summed E-state index contributed by atoms with van der Waals surface area (Å²) in [6.07, 6.45) is 4.27. The molecule has 2 amide bonds. The summed E-state index contributed by atoms with van der Waals surface area (Å²) in [5.41, 5.74) is 0.135. The van der Waals surface area contributed by atoms with Crippen molar-refractivity contribution in [2.75, 3.05) is 13.1 Å². The predicted octanol–water partition coefficient (Wildman–Crippen LogP) is -0.393. The Morgan fingerprint density at radius 1 is 1.41 bits per heavy atom. The first kappa shape index (κ1) is 14.3. The number of carbonyl (C=O) groups excluding carboxylic acids is 2. The van der Waals surface area contributed by atoms with Gasteiger partial charge in [-0.05, 0) is 6.42 Å². The van der Waals surface area contributed by atoms with E-state index < -0.39 is 6.04 Å². The summed E-state index contributed by atoms with van der Waals surface area (Å²) in [4.78, 5) is 33.1. The van der Waals surface area contributed by atoms with Crippen molar-refractivity contribution in [1.82, 2.24) is 20.2 Å². The minimum absolute atomic E-state index is 0.0726. The molecule has 3 rings (SSSR count). The zero-order valence-electron chi connectivity index (χ0n) is 11.9. The molecule has 2 atom stereocenters. The van der Waals surface area contributed by atoms with Crippen molar-refractivity contribution in [1.29, 1.82) is 5.26 Å². The number of hydrogen-bond donors (Lipinski definition) is 1. The molecular formula is C14H15N5O3. The van der Waals surface area contributed by atoms with Crippen LogP contribution in [0.2, 0.25) is 0 Å². The number of rotatable bonds is 3. The molecule has 0 unspecified atom stereocenters. The number of hydrogen-bond acceptors (Lipinski definition) is 6. The zero-order valence-corrected chi connectivity index (χ0v) is 11.9. The van der Waals surface area contributed by atoms with Gasteiger partial charge >= 0.3 is 0 Å². The summed E-state index contributed by atoms with van der Waals surface area (Å²) in [5, 5.41) is 11.6. The molecule has 8 heteroatoms. The molecule has 0 saturated carbocycles. The molecule has 0 aromatic carbocycles. The van der Waals surface area contributed by atoms with Gasteiger partial charge in [-0.3, -0.25) is 9.59 Å². The van der Waals surface area contributed by atoms with Crippen LogP contribution < -0.4 is 10.1 Å². The van der Waals surface area contributed by atoms with Crippen LogP contribution in [0.25, 0.3) is 0 Å². The molecule has 0 aliphatic carbocycles. The molecule has 3 heterocycles. The third-order valence-electron chi connectivity index (χ3n) is 3.80. The third kappa shape index (κ3) is 2.83. The normalized spacial score (nSPS) is 24.0. The summed E-state index contributed by atoms with van der Waals surface area (Å²) in [5.74, 6) is 0.0404. The molecule has 2 saturated heterocycles. The van der Waals surface area contributed by atoms with Gasteiger partial charge in [0.1, 0.15) is 18.2 Å². The summed E-state index contributed by atoms with van der Waals surface area (Å²) >= 11 is 0. The van der Waals surface area contributed by atoms with Crippen LogP contribution in [0.4, 0.5) is 0 Å². The smallest absolute Gasteiger partial charge is 0.251 e. The second kappa shape index (κ2) is 5.97. The molecule has 8 nitrogen and oxygen atoms in total. The molecule has 2 fully saturated rings. The Morgan fingerprint density at radius 2 is 2.23 bits per heavy atom. The van der Waals surface area contributed by atoms with Crippen molar-refractivity contribution >= 4 is 11.8 Å². The average Bonchev–Trinajstić information content (AvgIpc) is 3.16. The van der Waals surface area contributed by atoms with Crippen LogP contribution in [0.1, 0.15) is 25.0 Å². The van der Waals surface area contributed by atoms with E-state index >= 15 is 0 Å². The standard InChI is InChI=1S/C14H15N5O3/c15-7-11-13(17-5-4-16-11)22-9-3-6-19(8-9)14(21)10-1-2-12(20)18-10/h4-5,9-10H,1-3,6,8H2,(H,18,20)/t9-,10-/m1/s1. The Balaban J connectivity index is 1.59. The maximum Gasteiger partial charge on any atom is 0.251 e. The van der Waals surface area contributed by atoms with E-state index in [9.17, 15) is 9.59 Å². The second-order valence-electron chi connectivity index (χ2n) is 5.29. The van der Waals surface area contributed by atoms with Gasteiger partial charge in [0, 0.05) is 31.8 Å². The van der Waals surface area contributed by atoms with E-state index in [4.69, 9.17) is 10.00 Å². The minimum Gasteiger partial charge on any atom is -0.470 e. The molecule has 2 aliphatic heterocycles. The molecule has 0 radical (unpaired) electrons. The first-order valence-electron chi connectivity index (χ1n) is 7.13. The molecule has 0 bridgehead atoms. The number of nitrogens with zero attached hydrogens (tertiary/aromatic N) is 4. The molecule has 2 aliphatic rings. The van der Waals surface area contributed by atoms with Gasteiger partial charge < -0.3 is 15.0 Å². The van der Waals surface area contributed by atoms with E-state index in [0.29, 0.717) is 32.4 Å². The first-order valence-corrected chi connectivity index (χ1v) is 7.13. The van der Waals surface area contributed by atoms with E-state index in [-0.39, 0.29) is 29.5 Å². The Kier molecular flexibility index (Phi) is 3.87.